The molecule has 198 valence electrons. The standard InChI is InChI=1S/C24H30O12/c1-2-14-15(9-18(27)33-8-7-12-3-5-13(26)6-4-12)16(22(31)32)11-34-23(14)36-24-21(30)20(29)19(28)17(10-25)35-24/h2-6,11,15,17,19-21,23-26,28-30H,7-10H2,1H3,(H,31,32)/b14-2-/t15-,17+,19+,20-,21+,23-,24?/m0/s1. The van der Waals surface area contributed by atoms with Crippen LogP contribution in [0.25, 0.3) is 0 Å². The van der Waals surface area contributed by atoms with Crippen LogP contribution < -0.4 is 0 Å². The molecule has 0 spiro atoms. The van der Waals surface area contributed by atoms with E-state index in [4.69, 9.17) is 18.9 Å². The summed E-state index contributed by atoms with van der Waals surface area (Å²) in [6.45, 7) is 0.958. The first-order valence-electron chi connectivity index (χ1n) is 11.3. The molecule has 7 atom stereocenters. The van der Waals surface area contributed by atoms with Crippen LogP contribution in [-0.2, 0) is 35.0 Å². The number of aliphatic hydroxyl groups excluding tert-OH is 4. The molecule has 0 aromatic heterocycles. The Labute approximate surface area is 206 Å². The van der Waals surface area contributed by atoms with E-state index in [-0.39, 0.29) is 29.9 Å². The molecular weight excluding hydrogens is 480 g/mol. The molecule has 3 rings (SSSR count). The number of ether oxygens (including phenoxy) is 4. The van der Waals surface area contributed by atoms with Gasteiger partial charge in [-0.3, -0.25) is 4.79 Å². The van der Waals surface area contributed by atoms with E-state index in [1.54, 1.807) is 19.1 Å². The monoisotopic (exact) mass is 510 g/mol. The van der Waals surface area contributed by atoms with E-state index < -0.39 is 61.5 Å². The third-order valence-electron chi connectivity index (χ3n) is 6.02. The Morgan fingerprint density at radius 2 is 1.78 bits per heavy atom. The highest BCUT2D eigenvalue weighted by molar-refractivity contribution is 5.89. The highest BCUT2D eigenvalue weighted by Crippen LogP contribution is 2.35. The molecule has 0 radical (unpaired) electrons. The van der Waals surface area contributed by atoms with Crippen LogP contribution in [0.5, 0.6) is 5.75 Å². The van der Waals surface area contributed by atoms with Gasteiger partial charge in [0.2, 0.25) is 6.29 Å². The molecule has 1 fully saturated rings. The number of hydrogen-bond acceptors (Lipinski definition) is 11. The van der Waals surface area contributed by atoms with Crippen molar-refractivity contribution in [3.05, 3.63) is 53.3 Å². The summed E-state index contributed by atoms with van der Waals surface area (Å²) in [6.07, 6.45) is -6.52. The van der Waals surface area contributed by atoms with Gasteiger partial charge in [-0.25, -0.2) is 4.79 Å². The van der Waals surface area contributed by atoms with Crippen molar-refractivity contribution in [3.63, 3.8) is 0 Å². The molecule has 6 N–H and O–H groups in total. The third kappa shape index (κ3) is 6.40. The zero-order chi connectivity index (χ0) is 26.4. The first kappa shape index (κ1) is 27.6. The van der Waals surface area contributed by atoms with Crippen molar-refractivity contribution in [2.24, 2.45) is 5.92 Å². The van der Waals surface area contributed by atoms with Gasteiger partial charge in [0.15, 0.2) is 6.29 Å². The largest absolute Gasteiger partial charge is 0.508 e. The molecule has 2 aliphatic heterocycles. The molecule has 2 heterocycles. The van der Waals surface area contributed by atoms with Crippen molar-refractivity contribution in [1.82, 2.24) is 0 Å². The number of esters is 1. The summed E-state index contributed by atoms with van der Waals surface area (Å²) in [4.78, 5) is 24.4. The van der Waals surface area contributed by atoms with Gasteiger partial charge in [0, 0.05) is 17.9 Å². The maximum absolute atomic E-state index is 12.6. The fraction of sp³-hybridized carbons (Fsp3) is 0.500. The van der Waals surface area contributed by atoms with Crippen molar-refractivity contribution >= 4 is 11.9 Å². The van der Waals surface area contributed by atoms with Gasteiger partial charge in [0.05, 0.1) is 31.5 Å². The molecule has 1 aromatic rings. The number of carboxylic acids is 1. The smallest absolute Gasteiger partial charge is 0.335 e. The molecule has 0 saturated carbocycles. The Morgan fingerprint density at radius 3 is 2.39 bits per heavy atom. The van der Waals surface area contributed by atoms with Crippen molar-refractivity contribution < 1.29 is 59.2 Å². The first-order valence-corrected chi connectivity index (χ1v) is 11.3. The predicted molar refractivity (Wildman–Crippen MR) is 120 cm³/mol. The van der Waals surface area contributed by atoms with Crippen LogP contribution in [0.4, 0.5) is 0 Å². The van der Waals surface area contributed by atoms with E-state index in [0.717, 1.165) is 11.8 Å². The lowest BCUT2D eigenvalue weighted by molar-refractivity contribution is -0.327. The lowest BCUT2D eigenvalue weighted by Crippen LogP contribution is -2.60. The lowest BCUT2D eigenvalue weighted by Gasteiger charge is -2.41. The number of phenolic OH excluding ortho intramolecular Hbond substituents is 1. The number of carbonyl (C=O) groups excluding carboxylic acids is 1. The van der Waals surface area contributed by atoms with E-state index in [1.807, 2.05) is 0 Å². The second-order valence-electron chi connectivity index (χ2n) is 8.36. The minimum absolute atomic E-state index is 0.0366. The van der Waals surface area contributed by atoms with Crippen molar-refractivity contribution in [1.29, 1.82) is 0 Å². The number of aliphatic hydroxyl groups is 4. The van der Waals surface area contributed by atoms with Gasteiger partial charge in [-0.1, -0.05) is 18.2 Å². The van der Waals surface area contributed by atoms with Crippen LogP contribution in [0, 0.1) is 5.92 Å². The highest BCUT2D eigenvalue weighted by atomic mass is 16.8. The highest BCUT2D eigenvalue weighted by Gasteiger charge is 2.46. The minimum atomic E-state index is -1.70. The number of aliphatic carboxylic acids is 1. The fourth-order valence-corrected chi connectivity index (χ4v) is 3.99. The van der Waals surface area contributed by atoms with Gasteiger partial charge in [0.1, 0.15) is 30.2 Å². The average molecular weight is 510 g/mol. The van der Waals surface area contributed by atoms with Crippen LogP contribution in [0.15, 0.2) is 47.7 Å². The topological polar surface area (TPSA) is 192 Å². The van der Waals surface area contributed by atoms with Crippen LogP contribution in [0.1, 0.15) is 18.9 Å². The summed E-state index contributed by atoms with van der Waals surface area (Å²) < 4.78 is 21.6. The molecule has 2 aliphatic rings. The van der Waals surface area contributed by atoms with Crippen molar-refractivity contribution in [2.75, 3.05) is 13.2 Å². The van der Waals surface area contributed by atoms with E-state index in [2.05, 4.69) is 0 Å². The zero-order valence-corrected chi connectivity index (χ0v) is 19.5. The summed E-state index contributed by atoms with van der Waals surface area (Å²) in [5.74, 6) is -2.86. The Balaban J connectivity index is 1.68. The maximum Gasteiger partial charge on any atom is 0.335 e. The normalized spacial score (nSPS) is 31.4. The van der Waals surface area contributed by atoms with E-state index in [0.29, 0.717) is 6.42 Å². The van der Waals surface area contributed by atoms with Crippen molar-refractivity contribution in [3.8, 4) is 5.75 Å². The number of benzene rings is 1. The molecule has 1 saturated heterocycles. The van der Waals surface area contributed by atoms with Gasteiger partial charge < -0.3 is 49.6 Å². The van der Waals surface area contributed by atoms with Gasteiger partial charge in [-0.05, 0) is 24.6 Å². The molecule has 12 nitrogen and oxygen atoms in total. The van der Waals surface area contributed by atoms with Crippen LogP contribution >= 0.6 is 0 Å². The number of allylic oxidation sites excluding steroid dienone is 1. The number of hydrogen-bond donors (Lipinski definition) is 6. The summed E-state index contributed by atoms with van der Waals surface area (Å²) in [7, 11) is 0. The fourth-order valence-electron chi connectivity index (χ4n) is 3.99. The molecule has 0 amide bonds. The summed E-state index contributed by atoms with van der Waals surface area (Å²) in [6, 6.07) is 6.39. The lowest BCUT2D eigenvalue weighted by atomic mass is 9.86. The molecule has 0 bridgehead atoms. The Morgan fingerprint density at radius 1 is 1.08 bits per heavy atom. The van der Waals surface area contributed by atoms with E-state index in [1.165, 1.54) is 18.2 Å². The molecule has 1 aromatic carbocycles. The summed E-state index contributed by atoms with van der Waals surface area (Å²) >= 11 is 0. The van der Waals surface area contributed by atoms with Gasteiger partial charge in [-0.2, -0.15) is 0 Å². The maximum atomic E-state index is 12.6. The number of aromatic hydroxyl groups is 1. The van der Waals surface area contributed by atoms with Gasteiger partial charge in [-0.15, -0.1) is 0 Å². The second kappa shape index (κ2) is 12.3. The number of carbonyl (C=O) groups is 2. The Hall–Kier alpha value is -3.00. The predicted octanol–water partition coefficient (Wildman–Crippen LogP) is -0.428. The van der Waals surface area contributed by atoms with Gasteiger partial charge >= 0.3 is 11.9 Å². The summed E-state index contributed by atoms with van der Waals surface area (Å²) in [5.41, 5.74) is 0.856. The SMILES string of the molecule is C/C=C1\[C@H](OC2O[C@H](CO)[C@@H](O)[C@H](O)[C@H]2O)OC=C(C(=O)O)[C@H]1CC(=O)OCCc1ccc(O)cc1. The average Bonchev–Trinajstić information content (AvgIpc) is 2.85. The van der Waals surface area contributed by atoms with E-state index in [9.17, 15) is 40.2 Å². The Bertz CT molecular complexity index is 970. The van der Waals surface area contributed by atoms with E-state index >= 15 is 0 Å². The van der Waals surface area contributed by atoms with Crippen LogP contribution in [-0.4, -0.2) is 92.8 Å². The summed E-state index contributed by atoms with van der Waals surface area (Å²) in [5, 5.41) is 58.5. The molecular formula is C24H30O12. The second-order valence-corrected chi connectivity index (χ2v) is 8.36. The number of phenols is 1. The van der Waals surface area contributed by atoms with Crippen LogP contribution in [0.3, 0.4) is 0 Å². The van der Waals surface area contributed by atoms with Crippen molar-refractivity contribution in [2.45, 2.75) is 56.8 Å². The molecule has 1 unspecified atom stereocenters. The number of rotatable bonds is 9. The van der Waals surface area contributed by atoms with Crippen LogP contribution in [0.2, 0.25) is 0 Å². The quantitative estimate of drug-likeness (QED) is 0.186. The molecule has 0 aliphatic carbocycles. The molecule has 12 heteroatoms. The molecule has 36 heavy (non-hydrogen) atoms. The number of carboxylic acid groups (broad SMARTS) is 1. The minimum Gasteiger partial charge on any atom is -0.508 e. The zero-order valence-electron chi connectivity index (χ0n) is 19.5. The Kier molecular flexibility index (Phi) is 9.43. The first-order chi connectivity index (χ1) is 17.2. The van der Waals surface area contributed by atoms with Gasteiger partial charge in [0.25, 0.3) is 0 Å². The third-order valence-corrected chi connectivity index (χ3v) is 6.02.